The van der Waals surface area contributed by atoms with E-state index in [-0.39, 0.29) is 5.91 Å². The summed E-state index contributed by atoms with van der Waals surface area (Å²) in [6.45, 7) is 1.86. The molecule has 1 amide bonds. The van der Waals surface area contributed by atoms with Crippen molar-refractivity contribution in [3.63, 3.8) is 0 Å². The summed E-state index contributed by atoms with van der Waals surface area (Å²) in [5.74, 6) is -0.163. The molecule has 0 radical (unpaired) electrons. The highest BCUT2D eigenvalue weighted by molar-refractivity contribution is 7.18. The zero-order valence-electron chi connectivity index (χ0n) is 13.2. The van der Waals surface area contributed by atoms with Crippen molar-refractivity contribution >= 4 is 45.0 Å². The van der Waals surface area contributed by atoms with E-state index >= 15 is 0 Å². The van der Waals surface area contributed by atoms with E-state index < -0.39 is 0 Å². The molecular formula is C18H13N3OS3. The Hall–Kier alpha value is -2.35. The number of thiophene rings is 1. The van der Waals surface area contributed by atoms with Crippen LogP contribution in [0.1, 0.15) is 15.4 Å². The van der Waals surface area contributed by atoms with Crippen molar-refractivity contribution in [2.75, 3.05) is 5.32 Å². The molecule has 0 spiro atoms. The summed E-state index contributed by atoms with van der Waals surface area (Å²) in [7, 11) is 0. The van der Waals surface area contributed by atoms with Crippen LogP contribution in [0.5, 0.6) is 0 Å². The molecule has 0 unspecified atom stereocenters. The molecule has 0 bridgehead atoms. The lowest BCUT2D eigenvalue weighted by atomic mass is 10.2. The molecule has 0 aliphatic rings. The van der Waals surface area contributed by atoms with Gasteiger partial charge in [-0.05, 0) is 18.4 Å². The largest absolute Gasteiger partial charge is 0.297 e. The highest BCUT2D eigenvalue weighted by Crippen LogP contribution is 2.31. The molecule has 25 heavy (non-hydrogen) atoms. The number of carbonyl (C=O) groups excluding carboxylic acids is 1. The first kappa shape index (κ1) is 16.1. The molecule has 0 aliphatic heterocycles. The number of thiazole rings is 2. The van der Waals surface area contributed by atoms with Crippen molar-refractivity contribution in [1.29, 1.82) is 0 Å². The van der Waals surface area contributed by atoms with Crippen molar-refractivity contribution in [3.8, 4) is 21.1 Å². The number of aromatic nitrogens is 2. The molecule has 0 aliphatic carbocycles. The van der Waals surface area contributed by atoms with E-state index in [1.807, 2.05) is 60.1 Å². The molecule has 4 rings (SSSR count). The topological polar surface area (TPSA) is 54.9 Å². The van der Waals surface area contributed by atoms with Gasteiger partial charge in [-0.3, -0.25) is 10.1 Å². The number of hydrogen-bond acceptors (Lipinski definition) is 6. The Kier molecular flexibility index (Phi) is 4.44. The maximum Gasteiger partial charge on any atom is 0.269 e. The lowest BCUT2D eigenvalue weighted by Gasteiger charge is -1.99. The van der Waals surface area contributed by atoms with E-state index in [4.69, 9.17) is 0 Å². The van der Waals surface area contributed by atoms with Gasteiger partial charge in [0.15, 0.2) is 5.13 Å². The normalized spacial score (nSPS) is 10.8. The molecule has 124 valence electrons. The van der Waals surface area contributed by atoms with Crippen LogP contribution in [0, 0.1) is 6.92 Å². The second-order valence-electron chi connectivity index (χ2n) is 5.27. The highest BCUT2D eigenvalue weighted by Gasteiger charge is 2.17. The first-order valence-corrected chi connectivity index (χ1v) is 10.1. The van der Waals surface area contributed by atoms with E-state index in [2.05, 4.69) is 15.3 Å². The average molecular weight is 384 g/mol. The van der Waals surface area contributed by atoms with Crippen LogP contribution >= 0.6 is 34.0 Å². The summed E-state index contributed by atoms with van der Waals surface area (Å²) in [6, 6.07) is 13.9. The first-order chi connectivity index (χ1) is 12.2. The molecule has 7 heteroatoms. The number of amides is 1. The van der Waals surface area contributed by atoms with Crippen LogP contribution in [0.25, 0.3) is 21.1 Å². The number of anilines is 1. The van der Waals surface area contributed by atoms with Crippen LogP contribution in [0.4, 0.5) is 5.13 Å². The van der Waals surface area contributed by atoms with Crippen LogP contribution in [0.3, 0.4) is 0 Å². The quantitative estimate of drug-likeness (QED) is 0.502. The van der Waals surface area contributed by atoms with Crippen molar-refractivity contribution in [1.82, 2.24) is 9.97 Å². The van der Waals surface area contributed by atoms with Gasteiger partial charge in [0.2, 0.25) is 0 Å². The van der Waals surface area contributed by atoms with Crippen LogP contribution in [0.2, 0.25) is 0 Å². The molecule has 4 aromatic rings. The molecule has 1 N–H and O–H groups in total. The Bertz CT molecular complexity index is 1000. The van der Waals surface area contributed by atoms with E-state index in [9.17, 15) is 4.79 Å². The summed E-state index contributed by atoms with van der Waals surface area (Å²) in [4.78, 5) is 23.3. The van der Waals surface area contributed by atoms with Crippen LogP contribution in [-0.2, 0) is 0 Å². The third-order valence-electron chi connectivity index (χ3n) is 3.52. The Morgan fingerprint density at radius 1 is 1.04 bits per heavy atom. The number of nitrogens with one attached hydrogen (secondary N) is 1. The molecule has 3 aromatic heterocycles. The molecule has 0 fully saturated rings. The number of aryl methyl sites for hydroxylation is 1. The van der Waals surface area contributed by atoms with Crippen LogP contribution < -0.4 is 5.32 Å². The maximum atomic E-state index is 12.6. The third-order valence-corrected chi connectivity index (χ3v) is 6.38. The predicted molar refractivity (Wildman–Crippen MR) is 106 cm³/mol. The van der Waals surface area contributed by atoms with E-state index in [0.29, 0.717) is 10.0 Å². The second kappa shape index (κ2) is 6.87. The van der Waals surface area contributed by atoms with Crippen LogP contribution in [0.15, 0.2) is 53.2 Å². The molecule has 0 saturated carbocycles. The first-order valence-electron chi connectivity index (χ1n) is 7.54. The van der Waals surface area contributed by atoms with Gasteiger partial charge >= 0.3 is 0 Å². The Labute approximate surface area is 156 Å². The predicted octanol–water partition coefficient (Wildman–Crippen LogP) is 5.56. The summed E-state index contributed by atoms with van der Waals surface area (Å²) < 4.78 is 0. The fourth-order valence-corrected chi connectivity index (χ4v) is 4.77. The summed E-state index contributed by atoms with van der Waals surface area (Å²) >= 11 is 4.46. The SMILES string of the molecule is Cc1nc(-c2ccccc2)sc1C(=O)Nc1nc(-c2cccs2)cs1. The summed E-state index contributed by atoms with van der Waals surface area (Å²) in [5.41, 5.74) is 2.64. The maximum absolute atomic E-state index is 12.6. The van der Waals surface area contributed by atoms with Gasteiger partial charge in [-0.15, -0.1) is 34.0 Å². The smallest absolute Gasteiger partial charge is 0.269 e. The van der Waals surface area contributed by atoms with Gasteiger partial charge in [-0.1, -0.05) is 36.4 Å². The van der Waals surface area contributed by atoms with Gasteiger partial charge < -0.3 is 0 Å². The Balaban J connectivity index is 1.55. The second-order valence-corrected chi connectivity index (χ2v) is 8.07. The van der Waals surface area contributed by atoms with Gasteiger partial charge in [-0.25, -0.2) is 9.97 Å². The molecule has 3 heterocycles. The van der Waals surface area contributed by atoms with Crippen molar-refractivity contribution < 1.29 is 4.79 Å². The third kappa shape index (κ3) is 3.39. The zero-order chi connectivity index (χ0) is 17.2. The van der Waals surface area contributed by atoms with Gasteiger partial charge in [0.05, 0.1) is 16.3 Å². The minimum absolute atomic E-state index is 0.163. The lowest BCUT2D eigenvalue weighted by molar-refractivity contribution is 0.103. The van der Waals surface area contributed by atoms with Gasteiger partial charge in [-0.2, -0.15) is 0 Å². The average Bonchev–Trinajstić information content (AvgIpc) is 3.35. The fourth-order valence-electron chi connectivity index (χ4n) is 2.33. The van der Waals surface area contributed by atoms with E-state index in [1.165, 1.54) is 22.7 Å². The van der Waals surface area contributed by atoms with Crippen molar-refractivity contribution in [3.05, 3.63) is 63.8 Å². The summed E-state index contributed by atoms with van der Waals surface area (Å²) in [5, 5.41) is 8.31. The van der Waals surface area contributed by atoms with Crippen molar-refractivity contribution in [2.45, 2.75) is 6.92 Å². The Morgan fingerprint density at radius 3 is 2.64 bits per heavy atom. The molecule has 0 atom stereocenters. The van der Waals surface area contributed by atoms with E-state index in [0.717, 1.165) is 26.8 Å². The number of benzene rings is 1. The monoisotopic (exact) mass is 383 g/mol. The minimum atomic E-state index is -0.163. The number of rotatable bonds is 4. The van der Waals surface area contributed by atoms with Crippen molar-refractivity contribution in [2.24, 2.45) is 0 Å². The number of carbonyl (C=O) groups is 1. The molecule has 0 saturated heterocycles. The standard InChI is InChI=1S/C18H13N3OS3/c1-11-15(25-17(19-11)12-6-3-2-4-7-12)16(22)21-18-20-13(10-24-18)14-8-5-9-23-14/h2-10H,1H3,(H,20,21,22). The number of hydrogen-bond donors (Lipinski definition) is 1. The van der Waals surface area contributed by atoms with Gasteiger partial charge in [0.25, 0.3) is 5.91 Å². The molecule has 1 aromatic carbocycles. The number of nitrogens with zero attached hydrogens (tertiary/aromatic N) is 2. The Morgan fingerprint density at radius 2 is 1.88 bits per heavy atom. The fraction of sp³-hybridized carbons (Fsp3) is 0.0556. The lowest BCUT2D eigenvalue weighted by Crippen LogP contribution is -2.11. The van der Waals surface area contributed by atoms with Gasteiger partial charge in [0, 0.05) is 10.9 Å². The zero-order valence-corrected chi connectivity index (χ0v) is 15.7. The molecule has 4 nitrogen and oxygen atoms in total. The van der Waals surface area contributed by atoms with Gasteiger partial charge in [0.1, 0.15) is 9.88 Å². The minimum Gasteiger partial charge on any atom is -0.297 e. The van der Waals surface area contributed by atoms with Crippen LogP contribution in [-0.4, -0.2) is 15.9 Å². The highest BCUT2D eigenvalue weighted by atomic mass is 32.1. The molecular weight excluding hydrogens is 370 g/mol. The van der Waals surface area contributed by atoms with E-state index in [1.54, 1.807) is 11.3 Å². The summed E-state index contributed by atoms with van der Waals surface area (Å²) in [6.07, 6.45) is 0.